The van der Waals surface area contributed by atoms with Crippen molar-refractivity contribution in [3.05, 3.63) is 35.1 Å². The standard InChI is InChI=1S/C16H20F4N2.2ClH/c17-14-5-4-12(16(18,19)20)10-13(14)15(11-2-1-3-11)22-8-6-21-7-9-22;;/h4-5,10-11,15,21H,1-3,6-9H2;2*1H/t15-;;/m0../s1. The van der Waals surface area contributed by atoms with Crippen molar-refractivity contribution in [1.82, 2.24) is 10.2 Å². The van der Waals surface area contributed by atoms with Crippen LogP contribution in [0.5, 0.6) is 0 Å². The highest BCUT2D eigenvalue weighted by Gasteiger charge is 2.37. The van der Waals surface area contributed by atoms with Crippen molar-refractivity contribution in [2.45, 2.75) is 31.5 Å². The van der Waals surface area contributed by atoms with E-state index in [0.29, 0.717) is 0 Å². The van der Waals surface area contributed by atoms with Gasteiger partial charge in [-0.25, -0.2) is 4.39 Å². The van der Waals surface area contributed by atoms with Crippen LogP contribution >= 0.6 is 24.8 Å². The number of hydrogen-bond donors (Lipinski definition) is 1. The summed E-state index contributed by atoms with van der Waals surface area (Å²) in [5.74, 6) is -0.264. The zero-order valence-corrected chi connectivity index (χ0v) is 14.7. The Morgan fingerprint density at radius 2 is 1.71 bits per heavy atom. The van der Waals surface area contributed by atoms with Crippen LogP contribution in [0, 0.1) is 11.7 Å². The first kappa shape index (κ1) is 21.5. The number of benzene rings is 1. The summed E-state index contributed by atoms with van der Waals surface area (Å²) in [7, 11) is 0. The summed E-state index contributed by atoms with van der Waals surface area (Å²) < 4.78 is 53.1. The zero-order chi connectivity index (χ0) is 15.7. The third-order valence-electron chi connectivity index (χ3n) is 4.78. The highest BCUT2D eigenvalue weighted by atomic mass is 35.5. The molecular weight excluding hydrogens is 367 g/mol. The Balaban J connectivity index is 0.00000144. The Morgan fingerprint density at radius 1 is 1.08 bits per heavy atom. The van der Waals surface area contributed by atoms with Gasteiger partial charge in [-0.2, -0.15) is 13.2 Å². The lowest BCUT2D eigenvalue weighted by Gasteiger charge is -2.43. The number of rotatable bonds is 3. The van der Waals surface area contributed by atoms with Crippen LogP contribution in [-0.4, -0.2) is 31.1 Å². The van der Waals surface area contributed by atoms with Gasteiger partial charge in [0.1, 0.15) is 5.82 Å². The molecule has 0 aromatic heterocycles. The molecule has 0 bridgehead atoms. The molecule has 0 unspecified atom stereocenters. The molecule has 138 valence electrons. The van der Waals surface area contributed by atoms with Gasteiger partial charge < -0.3 is 5.32 Å². The van der Waals surface area contributed by atoms with Gasteiger partial charge in [0.05, 0.1) is 5.56 Å². The number of hydrogen-bond acceptors (Lipinski definition) is 2. The Morgan fingerprint density at radius 3 is 2.21 bits per heavy atom. The molecule has 0 amide bonds. The number of nitrogens with zero attached hydrogens (tertiary/aromatic N) is 1. The van der Waals surface area contributed by atoms with E-state index in [1.165, 1.54) is 0 Å². The minimum atomic E-state index is -4.43. The second-order valence-electron chi connectivity index (χ2n) is 6.16. The molecule has 1 atom stereocenters. The highest BCUT2D eigenvalue weighted by Crippen LogP contribution is 2.43. The molecule has 0 radical (unpaired) electrons. The first-order valence-corrected chi connectivity index (χ1v) is 7.78. The summed E-state index contributed by atoms with van der Waals surface area (Å²) in [6.07, 6.45) is -1.43. The first-order chi connectivity index (χ1) is 10.5. The highest BCUT2D eigenvalue weighted by molar-refractivity contribution is 5.85. The van der Waals surface area contributed by atoms with Crippen molar-refractivity contribution >= 4 is 24.8 Å². The SMILES string of the molecule is Cl.Cl.Fc1ccc(C(F)(F)F)cc1[C@H](C1CCC1)N1CCNCC1. The van der Waals surface area contributed by atoms with Crippen LogP contribution in [0.15, 0.2) is 18.2 Å². The van der Waals surface area contributed by atoms with Gasteiger partial charge in [-0.1, -0.05) is 6.42 Å². The van der Waals surface area contributed by atoms with Gasteiger partial charge >= 0.3 is 6.18 Å². The molecule has 2 nitrogen and oxygen atoms in total. The molecule has 1 saturated carbocycles. The van der Waals surface area contributed by atoms with Gasteiger partial charge in [0.25, 0.3) is 0 Å². The van der Waals surface area contributed by atoms with Crippen molar-refractivity contribution in [3.63, 3.8) is 0 Å². The fourth-order valence-corrected chi connectivity index (χ4v) is 3.41. The quantitative estimate of drug-likeness (QED) is 0.770. The lowest BCUT2D eigenvalue weighted by molar-refractivity contribution is -0.137. The number of alkyl halides is 3. The molecule has 0 spiro atoms. The van der Waals surface area contributed by atoms with E-state index in [0.717, 1.165) is 63.6 Å². The number of piperazine rings is 1. The molecule has 2 aliphatic rings. The largest absolute Gasteiger partial charge is 0.416 e. The van der Waals surface area contributed by atoms with E-state index in [1.54, 1.807) is 0 Å². The topological polar surface area (TPSA) is 15.3 Å². The second kappa shape index (κ2) is 8.70. The summed E-state index contributed by atoms with van der Waals surface area (Å²) in [5.41, 5.74) is -0.551. The van der Waals surface area contributed by atoms with Gasteiger partial charge in [-0.3, -0.25) is 4.90 Å². The van der Waals surface area contributed by atoms with Crippen LogP contribution in [0.1, 0.15) is 36.4 Å². The summed E-state index contributed by atoms with van der Waals surface area (Å²) in [6.45, 7) is 3.08. The molecule has 1 heterocycles. The average Bonchev–Trinajstić information content (AvgIpc) is 2.43. The van der Waals surface area contributed by atoms with Gasteiger partial charge in [0.15, 0.2) is 0 Å². The summed E-state index contributed by atoms with van der Waals surface area (Å²) >= 11 is 0. The minimum absolute atomic E-state index is 0. The van der Waals surface area contributed by atoms with Crippen molar-refractivity contribution < 1.29 is 17.6 Å². The maximum Gasteiger partial charge on any atom is 0.416 e. The van der Waals surface area contributed by atoms with Crippen LogP contribution in [-0.2, 0) is 6.18 Å². The van der Waals surface area contributed by atoms with E-state index >= 15 is 0 Å². The van der Waals surface area contributed by atoms with Crippen LogP contribution < -0.4 is 5.32 Å². The molecule has 1 aromatic rings. The van der Waals surface area contributed by atoms with Crippen LogP contribution in [0.4, 0.5) is 17.6 Å². The maximum atomic E-state index is 14.3. The van der Waals surface area contributed by atoms with Gasteiger partial charge in [0, 0.05) is 37.8 Å². The number of nitrogens with one attached hydrogen (secondary N) is 1. The van der Waals surface area contributed by atoms with Gasteiger partial charge in [-0.05, 0) is 37.0 Å². The monoisotopic (exact) mass is 388 g/mol. The van der Waals surface area contributed by atoms with Crippen LogP contribution in [0.25, 0.3) is 0 Å². The van der Waals surface area contributed by atoms with Crippen LogP contribution in [0.2, 0.25) is 0 Å². The maximum absolute atomic E-state index is 14.3. The Labute approximate surface area is 151 Å². The third-order valence-corrected chi connectivity index (χ3v) is 4.78. The molecule has 2 fully saturated rings. The minimum Gasteiger partial charge on any atom is -0.314 e. The lowest BCUT2D eigenvalue weighted by atomic mass is 9.76. The summed E-state index contributed by atoms with van der Waals surface area (Å²) in [5, 5.41) is 3.23. The van der Waals surface area contributed by atoms with Crippen LogP contribution in [0.3, 0.4) is 0 Å². The van der Waals surface area contributed by atoms with E-state index in [1.807, 2.05) is 0 Å². The lowest BCUT2D eigenvalue weighted by Crippen LogP contribution is -2.48. The van der Waals surface area contributed by atoms with E-state index in [2.05, 4.69) is 10.2 Å². The Hall–Kier alpha value is -0.560. The van der Waals surface area contributed by atoms with Gasteiger partial charge in [-0.15, -0.1) is 24.8 Å². The molecule has 3 rings (SSSR count). The normalized spacial score (nSPS) is 20.5. The average molecular weight is 389 g/mol. The first-order valence-electron chi connectivity index (χ1n) is 7.78. The molecule has 24 heavy (non-hydrogen) atoms. The predicted molar refractivity (Wildman–Crippen MR) is 90.4 cm³/mol. The van der Waals surface area contributed by atoms with E-state index in [9.17, 15) is 17.6 Å². The molecule has 1 saturated heterocycles. The van der Waals surface area contributed by atoms with E-state index < -0.39 is 17.6 Å². The smallest absolute Gasteiger partial charge is 0.314 e. The van der Waals surface area contributed by atoms with Gasteiger partial charge in [0.2, 0.25) is 0 Å². The Bertz CT molecular complexity index is 529. The molecule has 1 aromatic carbocycles. The number of halogens is 6. The van der Waals surface area contributed by atoms with Crippen molar-refractivity contribution in [2.24, 2.45) is 5.92 Å². The third kappa shape index (κ3) is 4.54. The summed E-state index contributed by atoms with van der Waals surface area (Å²) in [4.78, 5) is 2.14. The van der Waals surface area contributed by atoms with Crippen molar-refractivity contribution in [1.29, 1.82) is 0 Å². The molecule has 1 aliphatic carbocycles. The van der Waals surface area contributed by atoms with E-state index in [4.69, 9.17) is 0 Å². The Kier molecular flexibility index (Phi) is 7.78. The second-order valence-corrected chi connectivity index (χ2v) is 6.16. The fourth-order valence-electron chi connectivity index (χ4n) is 3.41. The molecule has 1 aliphatic heterocycles. The molecule has 8 heteroatoms. The van der Waals surface area contributed by atoms with E-state index in [-0.39, 0.29) is 42.3 Å². The fraction of sp³-hybridized carbons (Fsp3) is 0.625. The van der Waals surface area contributed by atoms with Crippen molar-refractivity contribution in [2.75, 3.05) is 26.2 Å². The summed E-state index contributed by atoms with van der Waals surface area (Å²) in [6, 6.07) is 2.57. The predicted octanol–water partition coefficient (Wildman–Crippen LogP) is 4.43. The zero-order valence-electron chi connectivity index (χ0n) is 13.1. The van der Waals surface area contributed by atoms with Crippen molar-refractivity contribution in [3.8, 4) is 0 Å². The molecule has 1 N–H and O–H groups in total. The molecular formula is C16H22Cl2F4N2.